The number of halogens is 1. The van der Waals surface area contributed by atoms with E-state index in [0.29, 0.717) is 21.3 Å². The molecule has 2 aromatic rings. The second-order valence-electron chi connectivity index (χ2n) is 5.52. The van der Waals surface area contributed by atoms with Crippen LogP contribution in [-0.2, 0) is 4.74 Å². The van der Waals surface area contributed by atoms with E-state index in [4.69, 9.17) is 4.74 Å². The number of ether oxygens (including phenoxy) is 2. The number of hydrogen-bond acceptors (Lipinski definition) is 6. The van der Waals surface area contributed by atoms with E-state index >= 15 is 0 Å². The van der Waals surface area contributed by atoms with Crippen LogP contribution in [0.2, 0.25) is 0 Å². The van der Waals surface area contributed by atoms with Crippen LogP contribution in [0.4, 0.5) is 5.69 Å². The van der Waals surface area contributed by atoms with Gasteiger partial charge in [0.05, 0.1) is 27.9 Å². The third kappa shape index (κ3) is 2.11. The minimum atomic E-state index is -0.833. The minimum Gasteiger partial charge on any atom is -0.488 e. The van der Waals surface area contributed by atoms with Crippen molar-refractivity contribution in [1.82, 2.24) is 4.57 Å². The van der Waals surface area contributed by atoms with Crippen LogP contribution in [-0.4, -0.2) is 29.2 Å². The number of methoxy groups -OCH3 is 1. The molecule has 0 bridgehead atoms. The van der Waals surface area contributed by atoms with Crippen LogP contribution < -0.4 is 10.3 Å². The summed E-state index contributed by atoms with van der Waals surface area (Å²) in [5.41, 5.74) is -0.322. The van der Waals surface area contributed by atoms with Crippen molar-refractivity contribution in [2.24, 2.45) is 0 Å². The molecule has 0 radical (unpaired) electrons. The summed E-state index contributed by atoms with van der Waals surface area (Å²) in [5, 5.41) is 11.7. The summed E-state index contributed by atoms with van der Waals surface area (Å²) in [6.07, 6.45) is 0. The molecule has 1 aliphatic rings. The van der Waals surface area contributed by atoms with Gasteiger partial charge in [-0.3, -0.25) is 19.5 Å². The van der Waals surface area contributed by atoms with Crippen molar-refractivity contribution in [3.8, 4) is 5.75 Å². The van der Waals surface area contributed by atoms with Gasteiger partial charge >= 0.3 is 5.97 Å². The molecule has 126 valence electrons. The molecule has 0 N–H and O–H groups in total. The predicted molar refractivity (Wildman–Crippen MR) is 88.8 cm³/mol. The fourth-order valence-electron chi connectivity index (χ4n) is 2.95. The molecule has 0 spiro atoms. The average molecular weight is 397 g/mol. The third-order valence-electron chi connectivity index (χ3n) is 4.09. The van der Waals surface area contributed by atoms with Crippen molar-refractivity contribution >= 4 is 38.5 Å². The van der Waals surface area contributed by atoms with E-state index in [1.165, 1.54) is 10.6 Å². The number of benzene rings is 1. The first kappa shape index (κ1) is 16.4. The molecule has 1 atom stereocenters. The zero-order valence-electron chi connectivity index (χ0n) is 13.1. The third-order valence-corrected chi connectivity index (χ3v) is 5.04. The predicted octanol–water partition coefficient (Wildman–Crippen LogP) is 2.72. The molecule has 1 aliphatic heterocycles. The molecule has 2 heterocycles. The number of nitro groups is 1. The first-order valence-electron chi connectivity index (χ1n) is 7.06. The number of aromatic nitrogens is 1. The first-order valence-corrected chi connectivity index (χ1v) is 7.85. The molecular formula is C15H13BrN2O6. The highest BCUT2D eigenvalue weighted by atomic mass is 79.9. The molecule has 0 fully saturated rings. The maximum atomic E-state index is 12.7. The maximum Gasteiger partial charge on any atom is 0.343 e. The monoisotopic (exact) mass is 396 g/mol. The van der Waals surface area contributed by atoms with Crippen LogP contribution in [0.3, 0.4) is 0 Å². The van der Waals surface area contributed by atoms with Gasteiger partial charge in [-0.1, -0.05) is 0 Å². The normalized spacial score (nSPS) is 15.9. The molecule has 1 aromatic heterocycles. The molecule has 8 nitrogen and oxygen atoms in total. The Kier molecular flexibility index (Phi) is 3.83. The lowest BCUT2D eigenvalue weighted by Crippen LogP contribution is -2.34. The lowest BCUT2D eigenvalue weighted by Gasteiger charge is -2.27. The van der Waals surface area contributed by atoms with E-state index in [-0.39, 0.29) is 29.3 Å². The van der Waals surface area contributed by atoms with Crippen molar-refractivity contribution in [2.45, 2.75) is 19.9 Å². The molecule has 0 amide bonds. The highest BCUT2D eigenvalue weighted by Crippen LogP contribution is 2.45. The molecule has 0 unspecified atom stereocenters. The molecule has 0 saturated carbocycles. The molecule has 9 heteroatoms. The summed E-state index contributed by atoms with van der Waals surface area (Å²) in [4.78, 5) is 35.7. The van der Waals surface area contributed by atoms with Crippen molar-refractivity contribution in [1.29, 1.82) is 0 Å². The molecule has 3 rings (SSSR count). The number of nitrogens with zero attached hydrogens (tertiary/aromatic N) is 2. The van der Waals surface area contributed by atoms with Gasteiger partial charge in [-0.15, -0.1) is 0 Å². The number of pyridine rings is 1. The van der Waals surface area contributed by atoms with Crippen LogP contribution in [0.15, 0.2) is 15.3 Å². The van der Waals surface area contributed by atoms with Crippen LogP contribution in [0.5, 0.6) is 5.75 Å². The summed E-state index contributed by atoms with van der Waals surface area (Å²) in [5.74, 6) is -0.472. The van der Waals surface area contributed by atoms with Crippen molar-refractivity contribution in [3.63, 3.8) is 0 Å². The number of carbonyl (C=O) groups excluding carboxylic acids is 1. The van der Waals surface area contributed by atoms with Gasteiger partial charge in [0.15, 0.2) is 5.75 Å². The zero-order valence-corrected chi connectivity index (χ0v) is 14.7. The Balaban J connectivity index is 2.62. The van der Waals surface area contributed by atoms with Crippen LogP contribution >= 0.6 is 15.9 Å². The van der Waals surface area contributed by atoms with Gasteiger partial charge in [0.25, 0.3) is 11.2 Å². The number of hydrogen-bond donors (Lipinski definition) is 0. The largest absolute Gasteiger partial charge is 0.488 e. The molecule has 0 aliphatic carbocycles. The summed E-state index contributed by atoms with van der Waals surface area (Å²) >= 11 is 3.32. The van der Waals surface area contributed by atoms with Crippen molar-refractivity contribution in [2.75, 3.05) is 13.7 Å². The second kappa shape index (κ2) is 5.59. The smallest absolute Gasteiger partial charge is 0.343 e. The van der Waals surface area contributed by atoms with Crippen LogP contribution in [0.1, 0.15) is 28.9 Å². The van der Waals surface area contributed by atoms with Gasteiger partial charge in [0, 0.05) is 5.56 Å². The maximum absolute atomic E-state index is 12.7. The average Bonchev–Trinajstić information content (AvgIpc) is 2.54. The van der Waals surface area contributed by atoms with Gasteiger partial charge in [0.1, 0.15) is 17.7 Å². The Morgan fingerprint density at radius 3 is 2.79 bits per heavy atom. The van der Waals surface area contributed by atoms with E-state index < -0.39 is 16.5 Å². The van der Waals surface area contributed by atoms with E-state index in [9.17, 15) is 19.7 Å². The van der Waals surface area contributed by atoms with E-state index in [1.807, 2.05) is 0 Å². The Bertz CT molecular complexity index is 965. The molecule has 0 saturated heterocycles. The van der Waals surface area contributed by atoms with Gasteiger partial charge in [0.2, 0.25) is 0 Å². The first-order chi connectivity index (χ1) is 11.3. The molecule has 24 heavy (non-hydrogen) atoms. The fraction of sp³-hybridized carbons (Fsp3) is 0.333. The highest BCUT2D eigenvalue weighted by molar-refractivity contribution is 9.10. The molecule has 1 aromatic carbocycles. The Labute approximate surface area is 144 Å². The number of esters is 1. The lowest BCUT2D eigenvalue weighted by atomic mass is 10.0. The Morgan fingerprint density at radius 1 is 1.54 bits per heavy atom. The Morgan fingerprint density at radius 2 is 2.21 bits per heavy atom. The van der Waals surface area contributed by atoms with Crippen LogP contribution in [0, 0.1) is 17.0 Å². The zero-order chi connectivity index (χ0) is 17.8. The second-order valence-corrected chi connectivity index (χ2v) is 6.31. The SMILES string of the molecule is COC(=O)c1cc2c([N+](=O)[O-])c(C)c(Br)c3c2n(c1=O)[C@@H](C)CO3. The fourth-order valence-corrected chi connectivity index (χ4v) is 3.44. The van der Waals surface area contributed by atoms with Gasteiger partial charge in [-0.05, 0) is 35.8 Å². The number of rotatable bonds is 2. The van der Waals surface area contributed by atoms with E-state index in [1.54, 1.807) is 13.8 Å². The number of carbonyl (C=O) groups is 1. The Hall–Kier alpha value is -2.42. The quantitative estimate of drug-likeness (QED) is 0.439. The summed E-state index contributed by atoms with van der Waals surface area (Å²) in [7, 11) is 1.15. The lowest BCUT2D eigenvalue weighted by molar-refractivity contribution is -0.383. The highest BCUT2D eigenvalue weighted by Gasteiger charge is 2.32. The van der Waals surface area contributed by atoms with Gasteiger partial charge < -0.3 is 9.47 Å². The van der Waals surface area contributed by atoms with Gasteiger partial charge in [-0.2, -0.15) is 0 Å². The van der Waals surface area contributed by atoms with Gasteiger partial charge in [-0.25, -0.2) is 4.79 Å². The van der Waals surface area contributed by atoms with Crippen LogP contribution in [0.25, 0.3) is 10.9 Å². The van der Waals surface area contributed by atoms with E-state index in [2.05, 4.69) is 20.7 Å². The number of nitro benzene ring substituents is 1. The standard InChI is InChI=1S/C15H13BrN2O6/c1-6-5-24-13-10(16)7(2)11(18(21)22)8-4-9(15(20)23-3)14(19)17(6)12(8)13/h4,6H,5H2,1-3H3/t6-/m0/s1. The summed E-state index contributed by atoms with van der Waals surface area (Å²) in [6.45, 7) is 3.53. The minimum absolute atomic E-state index is 0.169. The summed E-state index contributed by atoms with van der Waals surface area (Å²) in [6, 6.07) is 0.828. The topological polar surface area (TPSA) is 101 Å². The van der Waals surface area contributed by atoms with Crippen molar-refractivity contribution < 1.29 is 19.2 Å². The van der Waals surface area contributed by atoms with Crippen molar-refractivity contribution in [3.05, 3.63) is 42.1 Å². The summed E-state index contributed by atoms with van der Waals surface area (Å²) < 4.78 is 12.1. The van der Waals surface area contributed by atoms with E-state index in [0.717, 1.165) is 7.11 Å². The molecular weight excluding hydrogens is 384 g/mol.